The summed E-state index contributed by atoms with van der Waals surface area (Å²) in [5, 5.41) is 10.2. The van der Waals surface area contributed by atoms with Gasteiger partial charge in [-0.15, -0.1) is 0 Å². The minimum atomic E-state index is -0.407. The van der Waals surface area contributed by atoms with E-state index in [1.165, 1.54) is 4.52 Å². The van der Waals surface area contributed by atoms with E-state index in [4.69, 9.17) is 17.3 Å². The number of carbonyl (C=O) groups excluding carboxylic acids is 2. The Labute approximate surface area is 152 Å². The van der Waals surface area contributed by atoms with Gasteiger partial charge in [-0.2, -0.15) is 9.61 Å². The highest BCUT2D eigenvalue weighted by Crippen LogP contribution is 2.24. The van der Waals surface area contributed by atoms with E-state index in [1.54, 1.807) is 30.5 Å². The molecule has 4 rings (SSSR count). The van der Waals surface area contributed by atoms with Crippen LogP contribution in [0.15, 0.2) is 42.1 Å². The Morgan fingerprint density at radius 1 is 1.31 bits per heavy atom. The summed E-state index contributed by atoms with van der Waals surface area (Å²) < 4.78 is 1.46. The van der Waals surface area contributed by atoms with Crippen LogP contribution in [0.4, 0.5) is 17.3 Å². The highest BCUT2D eigenvalue weighted by atomic mass is 35.5. The van der Waals surface area contributed by atoms with Gasteiger partial charge < -0.3 is 11.1 Å². The topological polar surface area (TPSA) is 114 Å². The number of fused-ring (bicyclic) bond motifs is 1. The molecule has 130 valence electrons. The van der Waals surface area contributed by atoms with Crippen LogP contribution >= 0.6 is 11.6 Å². The van der Waals surface area contributed by atoms with Gasteiger partial charge in [0.15, 0.2) is 5.65 Å². The first kappa shape index (κ1) is 16.1. The monoisotopic (exact) mass is 368 g/mol. The molecular weight excluding hydrogens is 356 g/mol. The molecule has 0 spiro atoms. The van der Waals surface area contributed by atoms with Gasteiger partial charge in [-0.25, -0.2) is 4.98 Å². The highest BCUT2D eigenvalue weighted by Gasteiger charge is 2.24. The lowest BCUT2D eigenvalue weighted by Crippen LogP contribution is -2.19. The van der Waals surface area contributed by atoms with Crippen molar-refractivity contribution in [2.24, 2.45) is 0 Å². The lowest BCUT2D eigenvalue weighted by molar-refractivity contribution is -0.124. The zero-order chi connectivity index (χ0) is 18.3. The molecule has 0 unspecified atom stereocenters. The van der Waals surface area contributed by atoms with E-state index in [0.717, 1.165) is 5.69 Å². The van der Waals surface area contributed by atoms with Crippen molar-refractivity contribution in [1.82, 2.24) is 19.9 Å². The first-order valence-corrected chi connectivity index (χ1v) is 8.09. The smallest absolute Gasteiger partial charge is 0.254 e. The Morgan fingerprint density at radius 3 is 2.88 bits per heavy atom. The SMILES string of the molecule is Nc1cc(Nc2cccc(Cl)c2)nc2c(/C=C3\CC(=O)NC3=O)cnn12. The number of rotatable bonds is 3. The first-order chi connectivity index (χ1) is 12.5. The summed E-state index contributed by atoms with van der Waals surface area (Å²) >= 11 is 5.99. The molecule has 1 saturated heterocycles. The number of aromatic nitrogens is 3. The average Bonchev–Trinajstić information content (AvgIpc) is 3.11. The molecule has 1 aliphatic heterocycles. The summed E-state index contributed by atoms with van der Waals surface area (Å²) in [7, 11) is 0. The molecule has 2 amide bonds. The maximum Gasteiger partial charge on any atom is 0.254 e. The predicted octanol–water partition coefficient (Wildman–Crippen LogP) is 2.14. The van der Waals surface area contributed by atoms with Crippen LogP contribution in [-0.4, -0.2) is 26.4 Å². The Hall–Kier alpha value is -3.39. The first-order valence-electron chi connectivity index (χ1n) is 7.71. The fourth-order valence-corrected chi connectivity index (χ4v) is 2.88. The van der Waals surface area contributed by atoms with E-state index in [9.17, 15) is 9.59 Å². The van der Waals surface area contributed by atoms with Crippen LogP contribution in [0.25, 0.3) is 11.7 Å². The third kappa shape index (κ3) is 2.98. The third-order valence-electron chi connectivity index (χ3n) is 3.85. The number of carbonyl (C=O) groups is 2. The van der Waals surface area contributed by atoms with Crippen molar-refractivity contribution in [2.45, 2.75) is 6.42 Å². The van der Waals surface area contributed by atoms with Crippen LogP contribution in [0.2, 0.25) is 5.02 Å². The van der Waals surface area contributed by atoms with Crippen LogP contribution in [-0.2, 0) is 9.59 Å². The fraction of sp³-hybridized carbons (Fsp3) is 0.0588. The van der Waals surface area contributed by atoms with Crippen molar-refractivity contribution in [3.8, 4) is 0 Å². The second kappa shape index (κ2) is 6.16. The summed E-state index contributed by atoms with van der Waals surface area (Å²) in [6.07, 6.45) is 3.18. The van der Waals surface area contributed by atoms with E-state index in [-0.39, 0.29) is 12.3 Å². The van der Waals surface area contributed by atoms with E-state index in [0.29, 0.717) is 33.4 Å². The quantitative estimate of drug-likeness (QED) is 0.482. The summed E-state index contributed by atoms with van der Waals surface area (Å²) in [6, 6.07) is 8.84. The molecule has 1 fully saturated rings. The molecule has 1 aromatic carbocycles. The number of nitrogens with one attached hydrogen (secondary N) is 2. The molecule has 0 bridgehead atoms. The van der Waals surface area contributed by atoms with E-state index in [2.05, 4.69) is 20.7 Å². The normalized spacial score (nSPS) is 15.7. The van der Waals surface area contributed by atoms with Gasteiger partial charge in [0.1, 0.15) is 11.6 Å². The Morgan fingerprint density at radius 2 is 2.15 bits per heavy atom. The zero-order valence-electron chi connectivity index (χ0n) is 13.4. The Balaban J connectivity index is 1.75. The van der Waals surface area contributed by atoms with Crippen molar-refractivity contribution in [3.63, 3.8) is 0 Å². The van der Waals surface area contributed by atoms with Crippen molar-refractivity contribution < 1.29 is 9.59 Å². The van der Waals surface area contributed by atoms with Crippen molar-refractivity contribution >= 4 is 52.5 Å². The number of hydrogen-bond donors (Lipinski definition) is 3. The maximum atomic E-state index is 11.8. The molecule has 0 radical (unpaired) electrons. The molecule has 3 aromatic rings. The van der Waals surface area contributed by atoms with Gasteiger partial charge in [0.05, 0.1) is 12.6 Å². The van der Waals surface area contributed by atoms with Crippen molar-refractivity contribution in [3.05, 3.63) is 52.7 Å². The van der Waals surface area contributed by atoms with Crippen LogP contribution < -0.4 is 16.4 Å². The van der Waals surface area contributed by atoms with Gasteiger partial charge in [0, 0.05) is 27.9 Å². The Kier molecular flexibility index (Phi) is 3.81. The second-order valence-electron chi connectivity index (χ2n) is 5.76. The molecule has 1 aliphatic rings. The van der Waals surface area contributed by atoms with Crippen LogP contribution in [0.1, 0.15) is 12.0 Å². The summed E-state index contributed by atoms with van der Waals surface area (Å²) in [5.41, 5.74) is 8.23. The van der Waals surface area contributed by atoms with Gasteiger partial charge in [0.2, 0.25) is 5.91 Å². The predicted molar refractivity (Wildman–Crippen MR) is 97.9 cm³/mol. The maximum absolute atomic E-state index is 11.8. The largest absolute Gasteiger partial charge is 0.383 e. The molecule has 4 N–H and O–H groups in total. The lowest BCUT2D eigenvalue weighted by Gasteiger charge is -2.08. The number of nitrogens with zero attached hydrogens (tertiary/aromatic N) is 3. The van der Waals surface area contributed by atoms with Crippen LogP contribution in [0, 0.1) is 0 Å². The number of nitrogen functional groups attached to an aromatic ring is 1. The summed E-state index contributed by atoms with van der Waals surface area (Å²) in [5.74, 6) is 0.143. The number of amides is 2. The van der Waals surface area contributed by atoms with Crippen LogP contribution in [0.3, 0.4) is 0 Å². The number of hydrogen-bond acceptors (Lipinski definition) is 6. The van der Waals surface area contributed by atoms with Gasteiger partial charge in [0.25, 0.3) is 5.91 Å². The molecule has 26 heavy (non-hydrogen) atoms. The summed E-state index contributed by atoms with van der Waals surface area (Å²) in [4.78, 5) is 27.6. The van der Waals surface area contributed by atoms with Gasteiger partial charge in [-0.05, 0) is 24.3 Å². The van der Waals surface area contributed by atoms with Gasteiger partial charge in [-0.3, -0.25) is 14.9 Å². The highest BCUT2D eigenvalue weighted by molar-refractivity contribution is 6.30. The molecule has 8 nitrogen and oxygen atoms in total. The number of imide groups is 1. The average molecular weight is 369 g/mol. The van der Waals surface area contributed by atoms with Crippen molar-refractivity contribution in [2.75, 3.05) is 11.1 Å². The van der Waals surface area contributed by atoms with E-state index in [1.807, 2.05) is 12.1 Å². The lowest BCUT2D eigenvalue weighted by atomic mass is 10.1. The number of halogens is 1. The molecule has 0 saturated carbocycles. The van der Waals surface area contributed by atoms with Crippen LogP contribution in [0.5, 0.6) is 0 Å². The number of nitrogens with two attached hydrogens (primary N) is 1. The second-order valence-corrected chi connectivity index (χ2v) is 6.20. The van der Waals surface area contributed by atoms with E-state index < -0.39 is 5.91 Å². The number of anilines is 3. The third-order valence-corrected chi connectivity index (χ3v) is 4.08. The summed E-state index contributed by atoms with van der Waals surface area (Å²) in [6.45, 7) is 0. The standard InChI is InChI=1S/C17H13ClN6O2/c18-11-2-1-3-12(6-11)21-14-7-13(19)24-16(22-14)10(8-20-24)4-9-5-15(25)23-17(9)26/h1-4,6-8H,5,19H2,(H,21,22)(H,23,25,26)/b9-4+. The molecule has 2 aromatic heterocycles. The molecule has 0 atom stereocenters. The van der Waals surface area contributed by atoms with E-state index >= 15 is 0 Å². The Bertz CT molecular complexity index is 1090. The van der Waals surface area contributed by atoms with Crippen molar-refractivity contribution in [1.29, 1.82) is 0 Å². The molecule has 3 heterocycles. The van der Waals surface area contributed by atoms with Gasteiger partial charge in [-0.1, -0.05) is 17.7 Å². The fourth-order valence-electron chi connectivity index (χ4n) is 2.69. The minimum absolute atomic E-state index is 0.0338. The molecule has 0 aliphatic carbocycles. The minimum Gasteiger partial charge on any atom is -0.383 e. The zero-order valence-corrected chi connectivity index (χ0v) is 14.1. The molecule has 9 heteroatoms. The molecular formula is C17H13ClN6O2. The number of benzene rings is 1. The van der Waals surface area contributed by atoms with Gasteiger partial charge >= 0.3 is 0 Å².